The van der Waals surface area contributed by atoms with Gasteiger partial charge in [-0.05, 0) is 0 Å². The molecule has 1 unspecified atom stereocenters. The van der Waals surface area contributed by atoms with Gasteiger partial charge in [0.1, 0.15) is 0 Å². The Balaban J connectivity index is -0.000000333. The number of ether oxygens (including phenoxy) is 1. The van der Waals surface area contributed by atoms with Gasteiger partial charge in [-0.1, -0.05) is 30.3 Å². The van der Waals surface area contributed by atoms with E-state index in [4.69, 9.17) is 9.84 Å². The Morgan fingerprint density at radius 1 is 1.36 bits per heavy atom. The van der Waals surface area contributed by atoms with Crippen molar-refractivity contribution in [1.82, 2.24) is 0 Å². The van der Waals surface area contributed by atoms with E-state index in [1.165, 1.54) is 7.11 Å². The van der Waals surface area contributed by atoms with Crippen LogP contribution in [0, 0.1) is 0 Å². The Bertz CT molecular complexity index is 197. The molecule has 0 fully saturated rings. The summed E-state index contributed by atoms with van der Waals surface area (Å²) < 4.78 is 4.69. The summed E-state index contributed by atoms with van der Waals surface area (Å²) in [5.74, 6) is 0. The zero-order valence-electron chi connectivity index (χ0n) is 8.53. The molecule has 0 saturated carbocycles. The van der Waals surface area contributed by atoms with E-state index in [1.54, 1.807) is 0 Å². The molecule has 2 nitrogen and oxygen atoms in total. The number of methoxy groups -OCH3 is 1. The van der Waals surface area contributed by atoms with E-state index in [2.05, 4.69) is 0 Å². The fraction of sp³-hybridized carbons (Fsp3) is 0.250. The van der Waals surface area contributed by atoms with E-state index in [0.717, 1.165) is 5.56 Å². The Morgan fingerprint density at radius 3 is 2.36 bits per heavy atom. The monoisotopic (exact) mass is 180 g/mol. The van der Waals surface area contributed by atoms with Crippen molar-refractivity contribution in [3.8, 4) is 0 Å². The minimum Gasteiger partial charge on any atom is -1.00 e. The van der Waals surface area contributed by atoms with Gasteiger partial charge in [-0.2, -0.15) is 0 Å². The van der Waals surface area contributed by atoms with Gasteiger partial charge in [-0.3, -0.25) is 0 Å². The second kappa shape index (κ2) is 5.98. The van der Waals surface area contributed by atoms with Crippen LogP contribution in [0.4, 0.5) is 0 Å². The molecule has 1 aromatic rings. The van der Waals surface area contributed by atoms with Gasteiger partial charge in [-0.25, -0.2) is 0 Å². The molecule has 0 amide bonds. The molecule has 1 rings (SSSR count). The molecule has 11 heavy (non-hydrogen) atoms. The summed E-state index contributed by atoms with van der Waals surface area (Å²) in [6.07, 6.45) is -0.791. The first-order valence-electron chi connectivity index (χ1n) is 3.10. The number of benzene rings is 1. The zero-order valence-corrected chi connectivity index (χ0v) is 8.74. The number of hydrogen-bond donors (Lipinski definition) is 1. The Morgan fingerprint density at radius 2 is 1.91 bits per heavy atom. The summed E-state index contributed by atoms with van der Waals surface area (Å²) in [6, 6.07) is 9.24. The molecular weight excluding hydrogens is 168 g/mol. The first kappa shape index (κ1) is 11.4. The van der Waals surface area contributed by atoms with E-state index < -0.39 is 6.29 Å². The molecule has 0 spiro atoms. The van der Waals surface area contributed by atoms with Gasteiger partial charge in [0.2, 0.25) is 0 Å². The molecule has 0 aliphatic carbocycles. The molecule has 0 aliphatic rings. The van der Waals surface area contributed by atoms with Crippen LogP contribution in [-0.4, -0.2) is 50.0 Å². The maximum absolute atomic E-state index is 9.11. The first-order chi connectivity index (χ1) is 4.84. The van der Waals surface area contributed by atoms with Crippen molar-refractivity contribution in [3.63, 3.8) is 0 Å². The van der Waals surface area contributed by atoms with Crippen molar-refractivity contribution >= 4 is 37.7 Å². The van der Waals surface area contributed by atoms with Crippen LogP contribution < -0.4 is 0 Å². The summed E-state index contributed by atoms with van der Waals surface area (Å²) in [7, 11) is 1.47. The minimum atomic E-state index is -0.791. The fourth-order valence-electron chi connectivity index (χ4n) is 0.754. The fourth-order valence-corrected chi connectivity index (χ4v) is 0.754. The second-order valence-electron chi connectivity index (χ2n) is 2.00. The van der Waals surface area contributed by atoms with Gasteiger partial charge in [0.15, 0.2) is 6.29 Å². The second-order valence-corrected chi connectivity index (χ2v) is 2.00. The summed E-state index contributed by atoms with van der Waals surface area (Å²) in [5.41, 5.74) is 0.782. The number of rotatable bonds is 2. The third-order valence-corrected chi connectivity index (χ3v) is 1.31. The van der Waals surface area contributed by atoms with Gasteiger partial charge >= 0.3 is 37.7 Å². The van der Waals surface area contributed by atoms with Crippen LogP contribution in [0.5, 0.6) is 0 Å². The van der Waals surface area contributed by atoms with Crippen LogP contribution in [0.1, 0.15) is 14.7 Å². The number of aliphatic hydroxyl groups is 1. The molecule has 0 bridgehead atoms. The average Bonchev–Trinajstić information content (AvgIpc) is 2.05. The predicted octanol–water partition coefficient (Wildman–Crippen LogP) is 1.17. The Kier molecular flexibility index (Phi) is 6.19. The molecule has 0 radical (unpaired) electrons. The van der Waals surface area contributed by atoms with Gasteiger partial charge in [-0.15, -0.1) is 0 Å². The minimum absolute atomic E-state index is 0. The molecule has 58 valence electrons. The van der Waals surface area contributed by atoms with Crippen molar-refractivity contribution in [2.45, 2.75) is 6.29 Å². The average molecular weight is 180 g/mol. The third-order valence-electron chi connectivity index (χ3n) is 1.31. The standard InChI is InChI=1S/C8H10O2.Ca.2H/c1-10-8(9)7-5-3-2-4-6-7;;;/h2-6,8-9H,1H3;;;/q;+2;2*-1. The van der Waals surface area contributed by atoms with Crippen molar-refractivity contribution in [2.75, 3.05) is 7.11 Å². The van der Waals surface area contributed by atoms with Gasteiger partial charge in [0.05, 0.1) is 0 Å². The van der Waals surface area contributed by atoms with Crippen LogP contribution >= 0.6 is 0 Å². The topological polar surface area (TPSA) is 29.5 Å². The molecule has 3 heteroatoms. The largest absolute Gasteiger partial charge is 2.00 e. The molecule has 0 saturated heterocycles. The third kappa shape index (κ3) is 3.54. The van der Waals surface area contributed by atoms with E-state index >= 15 is 0 Å². The molecule has 1 aromatic carbocycles. The number of aliphatic hydroxyl groups excluding tert-OH is 1. The predicted molar refractivity (Wildman–Crippen MR) is 46.4 cm³/mol. The summed E-state index contributed by atoms with van der Waals surface area (Å²) in [5, 5.41) is 9.11. The van der Waals surface area contributed by atoms with Crippen LogP contribution in [0.25, 0.3) is 0 Å². The van der Waals surface area contributed by atoms with Gasteiger partial charge in [0, 0.05) is 12.7 Å². The normalized spacial score (nSPS) is 11.8. The molecule has 0 aliphatic heterocycles. The smallest absolute Gasteiger partial charge is 1.00 e. The van der Waals surface area contributed by atoms with Gasteiger partial charge in [0.25, 0.3) is 0 Å². The van der Waals surface area contributed by atoms with Crippen LogP contribution in [0.2, 0.25) is 0 Å². The summed E-state index contributed by atoms with van der Waals surface area (Å²) in [6.45, 7) is 0. The maximum atomic E-state index is 9.11. The van der Waals surface area contributed by atoms with Crippen molar-refractivity contribution in [2.24, 2.45) is 0 Å². The molecule has 0 heterocycles. The Labute approximate surface area is 99.2 Å². The number of hydrogen-bond acceptors (Lipinski definition) is 2. The summed E-state index contributed by atoms with van der Waals surface area (Å²) >= 11 is 0. The van der Waals surface area contributed by atoms with E-state index in [1.807, 2.05) is 30.3 Å². The van der Waals surface area contributed by atoms with Gasteiger partial charge < -0.3 is 12.7 Å². The maximum Gasteiger partial charge on any atom is 2.00 e. The summed E-state index contributed by atoms with van der Waals surface area (Å²) in [4.78, 5) is 0. The molecular formula is C8H12CaO2. The van der Waals surface area contributed by atoms with Crippen LogP contribution in [-0.2, 0) is 4.74 Å². The molecule has 0 aromatic heterocycles. The van der Waals surface area contributed by atoms with E-state index in [9.17, 15) is 0 Å². The van der Waals surface area contributed by atoms with Crippen molar-refractivity contribution in [1.29, 1.82) is 0 Å². The SMILES string of the molecule is COC(O)c1ccccc1.[Ca+2].[H-].[H-]. The first-order valence-corrected chi connectivity index (χ1v) is 3.10. The van der Waals surface area contributed by atoms with E-state index in [0.29, 0.717) is 0 Å². The zero-order chi connectivity index (χ0) is 7.40. The van der Waals surface area contributed by atoms with Crippen molar-refractivity contribution < 1.29 is 12.7 Å². The molecule has 1 atom stereocenters. The quantitative estimate of drug-likeness (QED) is 0.547. The van der Waals surface area contributed by atoms with Crippen LogP contribution in [0.15, 0.2) is 30.3 Å². The van der Waals surface area contributed by atoms with E-state index in [-0.39, 0.29) is 40.6 Å². The molecule has 1 N–H and O–H groups in total. The van der Waals surface area contributed by atoms with Crippen molar-refractivity contribution in [3.05, 3.63) is 35.9 Å². The Hall–Kier alpha value is 0.400. The van der Waals surface area contributed by atoms with Crippen LogP contribution in [0.3, 0.4) is 0 Å².